The first-order valence-electron chi connectivity index (χ1n) is 9.75. The lowest BCUT2D eigenvalue weighted by Gasteiger charge is -2.31. The summed E-state index contributed by atoms with van der Waals surface area (Å²) in [6.07, 6.45) is 3.51. The van der Waals surface area contributed by atoms with E-state index < -0.39 is 0 Å². The van der Waals surface area contributed by atoms with Crippen molar-refractivity contribution in [1.29, 1.82) is 0 Å². The first-order valence-corrected chi connectivity index (χ1v) is 9.75. The van der Waals surface area contributed by atoms with Gasteiger partial charge in [0.15, 0.2) is 0 Å². The maximum absolute atomic E-state index is 2.57. The highest BCUT2D eigenvalue weighted by Crippen LogP contribution is 2.28. The molecule has 1 atom stereocenters. The molecule has 0 saturated carbocycles. The Balaban J connectivity index is 1.75. The number of benzene rings is 2. The van der Waals surface area contributed by atoms with Crippen molar-refractivity contribution in [2.24, 2.45) is 0 Å². The lowest BCUT2D eigenvalue weighted by atomic mass is 10.1. The number of nitrogens with zero attached hydrogens (tertiary/aromatic N) is 3. The fourth-order valence-electron chi connectivity index (χ4n) is 3.75. The molecule has 0 spiro atoms. The minimum Gasteiger partial charge on any atom is -0.365 e. The van der Waals surface area contributed by atoms with Gasteiger partial charge >= 0.3 is 0 Å². The number of hydrogen-bond donors (Lipinski definition) is 0. The fourth-order valence-corrected chi connectivity index (χ4v) is 3.75. The van der Waals surface area contributed by atoms with Crippen LogP contribution in [-0.4, -0.2) is 57.1 Å². The van der Waals surface area contributed by atoms with Gasteiger partial charge in [0.1, 0.15) is 0 Å². The highest BCUT2D eigenvalue weighted by Gasteiger charge is 2.23. The number of aryl methyl sites for hydroxylation is 1. The number of likely N-dealkylation sites (N-methyl/N-ethyl adjacent to an activating group) is 2. The van der Waals surface area contributed by atoms with Gasteiger partial charge in [-0.3, -0.25) is 0 Å². The van der Waals surface area contributed by atoms with E-state index in [4.69, 9.17) is 0 Å². The predicted octanol–water partition coefficient (Wildman–Crippen LogP) is 3.67. The molecule has 0 bridgehead atoms. The molecule has 2 aromatic carbocycles. The van der Waals surface area contributed by atoms with Crippen molar-refractivity contribution in [2.45, 2.75) is 31.8 Å². The Morgan fingerprint density at radius 3 is 2.31 bits per heavy atom. The summed E-state index contributed by atoms with van der Waals surface area (Å²) in [4.78, 5) is 7.19. The van der Waals surface area contributed by atoms with Crippen molar-refractivity contribution < 1.29 is 0 Å². The van der Waals surface area contributed by atoms with Gasteiger partial charge in [-0.1, -0.05) is 42.5 Å². The van der Waals surface area contributed by atoms with Crippen LogP contribution in [0, 0.1) is 0 Å². The van der Waals surface area contributed by atoms with E-state index in [2.05, 4.69) is 91.4 Å². The number of hydrogen-bond acceptors (Lipinski definition) is 3. The molecular formula is C23H33N3. The quantitative estimate of drug-likeness (QED) is 0.786. The summed E-state index contributed by atoms with van der Waals surface area (Å²) < 4.78 is 0. The third-order valence-electron chi connectivity index (χ3n) is 5.48. The van der Waals surface area contributed by atoms with Gasteiger partial charge in [-0.25, -0.2) is 0 Å². The molecule has 1 unspecified atom stereocenters. The second kappa shape index (κ2) is 8.70. The second-order valence-corrected chi connectivity index (χ2v) is 8.04. The van der Waals surface area contributed by atoms with Gasteiger partial charge in [-0.05, 0) is 70.2 Å². The van der Waals surface area contributed by atoms with Crippen LogP contribution >= 0.6 is 0 Å². The maximum Gasteiger partial charge on any atom is 0.0430 e. The number of anilines is 1. The third kappa shape index (κ3) is 4.87. The van der Waals surface area contributed by atoms with Crippen LogP contribution in [0.5, 0.6) is 0 Å². The first kappa shape index (κ1) is 18.9. The van der Waals surface area contributed by atoms with Gasteiger partial charge in [0.05, 0.1) is 0 Å². The lowest BCUT2D eigenvalue weighted by molar-refractivity contribution is 0.283. The summed E-state index contributed by atoms with van der Waals surface area (Å²) in [5.74, 6) is 0. The molecule has 3 heteroatoms. The summed E-state index contributed by atoms with van der Waals surface area (Å²) in [6.45, 7) is 3.17. The molecule has 26 heavy (non-hydrogen) atoms. The van der Waals surface area contributed by atoms with Crippen LogP contribution in [0.4, 0.5) is 5.69 Å². The molecule has 1 heterocycles. The molecular weight excluding hydrogens is 318 g/mol. The molecule has 0 N–H and O–H groups in total. The molecule has 3 nitrogen and oxygen atoms in total. The van der Waals surface area contributed by atoms with E-state index in [1.54, 1.807) is 0 Å². The van der Waals surface area contributed by atoms with Crippen LogP contribution in [0.2, 0.25) is 0 Å². The largest absolute Gasteiger partial charge is 0.365 e. The van der Waals surface area contributed by atoms with E-state index in [0.717, 1.165) is 26.1 Å². The van der Waals surface area contributed by atoms with Gasteiger partial charge in [-0.15, -0.1) is 0 Å². The predicted molar refractivity (Wildman–Crippen MR) is 112 cm³/mol. The minimum absolute atomic E-state index is 0.599. The molecule has 1 aliphatic rings. The molecule has 0 radical (unpaired) electrons. The standard InChI is InChI=1S/C23H33N3/c1-24(2)16-15-19-9-11-20(12-10-19)17-26-18-22(25(3)4)14-13-21-7-5-6-8-23(21)26/h5-12,22H,13-18H2,1-4H3. The van der Waals surface area contributed by atoms with Crippen molar-refractivity contribution in [2.75, 3.05) is 46.2 Å². The minimum atomic E-state index is 0.599. The fraction of sp³-hybridized carbons (Fsp3) is 0.478. The Kier molecular flexibility index (Phi) is 6.33. The monoisotopic (exact) mass is 351 g/mol. The van der Waals surface area contributed by atoms with E-state index in [0.29, 0.717) is 6.04 Å². The van der Waals surface area contributed by atoms with Gasteiger partial charge < -0.3 is 14.7 Å². The Morgan fingerprint density at radius 2 is 1.62 bits per heavy atom. The van der Waals surface area contributed by atoms with Crippen molar-refractivity contribution in [3.05, 3.63) is 65.2 Å². The molecule has 0 amide bonds. The van der Waals surface area contributed by atoms with Crippen molar-refractivity contribution >= 4 is 5.69 Å². The summed E-state index contributed by atoms with van der Waals surface area (Å²) in [5, 5.41) is 0. The molecule has 140 valence electrons. The van der Waals surface area contributed by atoms with Crippen molar-refractivity contribution in [3.63, 3.8) is 0 Å². The summed E-state index contributed by atoms with van der Waals surface area (Å²) >= 11 is 0. The SMILES string of the molecule is CN(C)CCc1ccc(CN2CC(N(C)C)CCc3ccccc32)cc1. The zero-order chi connectivity index (χ0) is 18.5. The Bertz CT molecular complexity index is 691. The van der Waals surface area contributed by atoms with E-state index in [1.807, 2.05) is 0 Å². The average molecular weight is 352 g/mol. The normalized spacial score (nSPS) is 17.5. The topological polar surface area (TPSA) is 9.72 Å². The number of para-hydroxylation sites is 1. The van der Waals surface area contributed by atoms with Gasteiger partial charge in [0.2, 0.25) is 0 Å². The zero-order valence-electron chi connectivity index (χ0n) is 16.8. The van der Waals surface area contributed by atoms with Crippen LogP contribution in [0.3, 0.4) is 0 Å². The number of fused-ring (bicyclic) bond motifs is 1. The molecule has 0 aliphatic carbocycles. The Morgan fingerprint density at radius 1 is 0.923 bits per heavy atom. The molecule has 3 rings (SSSR count). The van der Waals surface area contributed by atoms with Crippen LogP contribution in [-0.2, 0) is 19.4 Å². The number of rotatable bonds is 6. The molecule has 0 aromatic heterocycles. The average Bonchev–Trinajstić information content (AvgIpc) is 2.81. The molecule has 1 aliphatic heterocycles. The summed E-state index contributed by atoms with van der Waals surface area (Å²) in [6, 6.07) is 18.7. The zero-order valence-corrected chi connectivity index (χ0v) is 16.8. The van der Waals surface area contributed by atoms with E-state index in [9.17, 15) is 0 Å². The summed E-state index contributed by atoms with van der Waals surface area (Å²) in [5.41, 5.74) is 5.71. The summed E-state index contributed by atoms with van der Waals surface area (Å²) in [7, 11) is 8.68. The molecule has 0 fully saturated rings. The van der Waals surface area contributed by atoms with Gasteiger partial charge in [0.25, 0.3) is 0 Å². The van der Waals surface area contributed by atoms with E-state index in [-0.39, 0.29) is 0 Å². The Labute approximate surface area is 159 Å². The third-order valence-corrected chi connectivity index (χ3v) is 5.48. The lowest BCUT2D eigenvalue weighted by Crippen LogP contribution is -2.39. The van der Waals surface area contributed by atoms with Crippen LogP contribution in [0.1, 0.15) is 23.1 Å². The maximum atomic E-state index is 2.57. The van der Waals surface area contributed by atoms with Crippen LogP contribution in [0.15, 0.2) is 48.5 Å². The van der Waals surface area contributed by atoms with Crippen molar-refractivity contribution in [1.82, 2.24) is 9.80 Å². The molecule has 0 saturated heterocycles. The molecule has 2 aromatic rings. The van der Waals surface area contributed by atoms with E-state index in [1.165, 1.54) is 35.2 Å². The smallest absolute Gasteiger partial charge is 0.0430 e. The van der Waals surface area contributed by atoms with Gasteiger partial charge in [0, 0.05) is 31.4 Å². The second-order valence-electron chi connectivity index (χ2n) is 8.04. The Hall–Kier alpha value is -1.84. The van der Waals surface area contributed by atoms with Gasteiger partial charge in [-0.2, -0.15) is 0 Å². The first-order chi connectivity index (χ1) is 12.5. The van der Waals surface area contributed by atoms with Crippen LogP contribution < -0.4 is 4.90 Å². The highest BCUT2D eigenvalue weighted by atomic mass is 15.2. The van der Waals surface area contributed by atoms with Crippen LogP contribution in [0.25, 0.3) is 0 Å². The van der Waals surface area contributed by atoms with E-state index >= 15 is 0 Å². The van der Waals surface area contributed by atoms with Crippen molar-refractivity contribution in [3.8, 4) is 0 Å². The highest BCUT2D eigenvalue weighted by molar-refractivity contribution is 5.55.